The number of imidazole rings is 1. The lowest BCUT2D eigenvalue weighted by Crippen LogP contribution is -2.31. The molecule has 2 N–H and O–H groups in total. The zero-order valence-electron chi connectivity index (χ0n) is 8.93. The average Bonchev–Trinajstić information content (AvgIpc) is 2.75. The monoisotopic (exact) mass is 242 g/mol. The molecule has 0 unspecified atom stereocenters. The van der Waals surface area contributed by atoms with E-state index in [0.717, 1.165) is 6.33 Å². The minimum atomic E-state index is -0.814. The summed E-state index contributed by atoms with van der Waals surface area (Å²) in [5.41, 5.74) is -0.376. The van der Waals surface area contributed by atoms with Gasteiger partial charge in [0.15, 0.2) is 6.33 Å². The van der Waals surface area contributed by atoms with Gasteiger partial charge in [0, 0.05) is 0 Å². The third-order valence-electron chi connectivity index (χ3n) is 1.72. The fourth-order valence-corrected chi connectivity index (χ4v) is 1.04. The lowest BCUT2D eigenvalue weighted by molar-refractivity contribution is -0.389. The van der Waals surface area contributed by atoms with Gasteiger partial charge in [0.2, 0.25) is 5.69 Å². The zero-order chi connectivity index (χ0) is 12.8. The molecule has 1 rings (SSSR count). The number of aromatic amines is 1. The molecule has 92 valence electrons. The summed E-state index contributed by atoms with van der Waals surface area (Å²) < 4.78 is 4.57. The van der Waals surface area contributed by atoms with Gasteiger partial charge >= 0.3 is 11.8 Å². The Balaban J connectivity index is 2.61. The molecule has 1 amide bonds. The van der Waals surface area contributed by atoms with Crippen molar-refractivity contribution in [1.29, 1.82) is 0 Å². The fraction of sp³-hybridized carbons (Fsp3) is 0.375. The number of rotatable bonds is 5. The smallest absolute Gasteiger partial charge is 0.353 e. The first-order valence-corrected chi connectivity index (χ1v) is 4.67. The second-order valence-corrected chi connectivity index (χ2v) is 2.84. The molecule has 9 heteroatoms. The molecule has 0 radical (unpaired) electrons. The summed E-state index contributed by atoms with van der Waals surface area (Å²) in [6, 6.07) is 0. The molecule has 0 aliphatic carbocycles. The van der Waals surface area contributed by atoms with Crippen LogP contribution in [0.5, 0.6) is 0 Å². The number of H-pyrrole nitrogens is 1. The highest BCUT2D eigenvalue weighted by atomic mass is 16.6. The second kappa shape index (κ2) is 5.58. The van der Waals surface area contributed by atoms with Gasteiger partial charge in [-0.15, -0.1) is 0 Å². The molecule has 9 nitrogen and oxygen atoms in total. The van der Waals surface area contributed by atoms with Crippen LogP contribution < -0.4 is 5.32 Å². The molecule has 0 aliphatic rings. The Morgan fingerprint density at radius 3 is 2.94 bits per heavy atom. The van der Waals surface area contributed by atoms with Crippen LogP contribution >= 0.6 is 0 Å². The van der Waals surface area contributed by atoms with Gasteiger partial charge in [0.1, 0.15) is 6.54 Å². The topological polar surface area (TPSA) is 127 Å². The number of hydrogen-bond acceptors (Lipinski definition) is 6. The maximum absolute atomic E-state index is 11.4. The average molecular weight is 242 g/mol. The van der Waals surface area contributed by atoms with Gasteiger partial charge in [-0.1, -0.05) is 0 Å². The molecule has 0 bridgehead atoms. The van der Waals surface area contributed by atoms with Crippen LogP contribution in [0.25, 0.3) is 0 Å². The van der Waals surface area contributed by atoms with Crippen LogP contribution in [0.1, 0.15) is 17.4 Å². The predicted molar refractivity (Wildman–Crippen MR) is 54.2 cm³/mol. The SMILES string of the molecule is CCOC(=O)CNC(=O)c1nc[nH]c1[N+](=O)[O-]. The van der Waals surface area contributed by atoms with Crippen LogP contribution in [0, 0.1) is 10.1 Å². The lowest BCUT2D eigenvalue weighted by Gasteiger charge is -2.02. The van der Waals surface area contributed by atoms with Crippen molar-refractivity contribution in [3.63, 3.8) is 0 Å². The third-order valence-corrected chi connectivity index (χ3v) is 1.72. The fourth-order valence-electron chi connectivity index (χ4n) is 1.04. The van der Waals surface area contributed by atoms with Crippen molar-refractivity contribution in [3.05, 3.63) is 22.1 Å². The van der Waals surface area contributed by atoms with Gasteiger partial charge in [-0.05, 0) is 11.8 Å². The Morgan fingerprint density at radius 2 is 2.35 bits per heavy atom. The molecule has 0 saturated heterocycles. The summed E-state index contributed by atoms with van der Waals surface area (Å²) in [6.07, 6.45) is 1.03. The molecule has 0 aromatic carbocycles. The number of nitrogens with zero attached hydrogens (tertiary/aromatic N) is 2. The first kappa shape index (κ1) is 12.6. The zero-order valence-corrected chi connectivity index (χ0v) is 8.93. The molecular weight excluding hydrogens is 232 g/mol. The quantitative estimate of drug-likeness (QED) is 0.411. The Kier molecular flexibility index (Phi) is 4.14. The molecule has 0 atom stereocenters. The number of carbonyl (C=O) groups is 2. The summed E-state index contributed by atoms with van der Waals surface area (Å²) in [5.74, 6) is -1.96. The van der Waals surface area contributed by atoms with Crippen molar-refractivity contribution in [2.75, 3.05) is 13.2 Å². The van der Waals surface area contributed by atoms with E-state index in [1.54, 1.807) is 6.92 Å². The molecule has 17 heavy (non-hydrogen) atoms. The number of ether oxygens (including phenoxy) is 1. The molecular formula is C8H10N4O5. The first-order valence-electron chi connectivity index (χ1n) is 4.67. The van der Waals surface area contributed by atoms with E-state index < -0.39 is 22.6 Å². The van der Waals surface area contributed by atoms with E-state index in [1.807, 2.05) is 0 Å². The van der Waals surface area contributed by atoms with Crippen molar-refractivity contribution in [3.8, 4) is 0 Å². The Labute approximate surface area is 95.3 Å². The summed E-state index contributed by atoms with van der Waals surface area (Å²) in [4.78, 5) is 37.8. The lowest BCUT2D eigenvalue weighted by atomic mass is 10.4. The molecule has 1 aromatic heterocycles. The standard InChI is InChI=1S/C8H10N4O5/c1-2-17-5(13)3-9-8(14)6-7(12(15)16)11-4-10-6/h4H,2-3H2,1H3,(H,9,14)(H,10,11). The minimum absolute atomic E-state index is 0.192. The van der Waals surface area contributed by atoms with Gasteiger partial charge in [-0.3, -0.25) is 9.59 Å². The second-order valence-electron chi connectivity index (χ2n) is 2.84. The molecule has 0 fully saturated rings. The predicted octanol–water partition coefficient (Wildman–Crippen LogP) is -0.389. The highest BCUT2D eigenvalue weighted by Gasteiger charge is 2.22. The summed E-state index contributed by atoms with van der Waals surface area (Å²) >= 11 is 0. The Hall–Kier alpha value is -2.45. The molecule has 0 aliphatic heterocycles. The number of esters is 1. The minimum Gasteiger partial charge on any atom is -0.465 e. The number of nitro groups is 1. The summed E-state index contributed by atoms with van der Waals surface area (Å²) in [7, 11) is 0. The normalized spacial score (nSPS) is 9.71. The van der Waals surface area contributed by atoms with Gasteiger partial charge in [0.25, 0.3) is 5.91 Å². The number of aromatic nitrogens is 2. The molecule has 1 aromatic rings. The van der Waals surface area contributed by atoms with Gasteiger partial charge in [-0.2, -0.15) is 0 Å². The number of carbonyl (C=O) groups excluding carboxylic acids is 2. The van der Waals surface area contributed by atoms with Crippen molar-refractivity contribution >= 4 is 17.7 Å². The number of amides is 1. The van der Waals surface area contributed by atoms with Crippen LogP contribution in [0.4, 0.5) is 5.82 Å². The van der Waals surface area contributed by atoms with E-state index in [0.29, 0.717) is 0 Å². The van der Waals surface area contributed by atoms with E-state index in [4.69, 9.17) is 0 Å². The first-order chi connectivity index (χ1) is 8.06. The van der Waals surface area contributed by atoms with E-state index in [1.165, 1.54) is 0 Å². The van der Waals surface area contributed by atoms with Crippen LogP contribution in [0.3, 0.4) is 0 Å². The van der Waals surface area contributed by atoms with E-state index in [9.17, 15) is 19.7 Å². The molecule has 1 heterocycles. The van der Waals surface area contributed by atoms with Crippen molar-refractivity contribution in [1.82, 2.24) is 15.3 Å². The number of hydrogen-bond donors (Lipinski definition) is 2. The largest absolute Gasteiger partial charge is 0.465 e. The maximum Gasteiger partial charge on any atom is 0.353 e. The highest BCUT2D eigenvalue weighted by molar-refractivity contribution is 5.97. The van der Waals surface area contributed by atoms with Gasteiger partial charge in [-0.25, -0.2) is 9.97 Å². The van der Waals surface area contributed by atoms with Crippen LogP contribution in [0.2, 0.25) is 0 Å². The molecule has 0 spiro atoms. The van der Waals surface area contributed by atoms with E-state index in [2.05, 4.69) is 20.0 Å². The third kappa shape index (κ3) is 3.26. The van der Waals surface area contributed by atoms with Crippen LogP contribution in [0.15, 0.2) is 6.33 Å². The summed E-state index contributed by atoms with van der Waals surface area (Å²) in [5, 5.41) is 12.7. The summed E-state index contributed by atoms with van der Waals surface area (Å²) in [6.45, 7) is 1.45. The van der Waals surface area contributed by atoms with E-state index >= 15 is 0 Å². The van der Waals surface area contributed by atoms with Crippen molar-refractivity contribution in [2.24, 2.45) is 0 Å². The number of nitrogens with one attached hydrogen (secondary N) is 2. The van der Waals surface area contributed by atoms with Gasteiger partial charge < -0.3 is 20.2 Å². The Morgan fingerprint density at radius 1 is 1.65 bits per heavy atom. The van der Waals surface area contributed by atoms with Crippen molar-refractivity contribution in [2.45, 2.75) is 6.92 Å². The maximum atomic E-state index is 11.4. The Bertz CT molecular complexity index is 441. The van der Waals surface area contributed by atoms with Crippen LogP contribution in [-0.4, -0.2) is 39.9 Å². The molecule has 0 saturated carbocycles. The van der Waals surface area contributed by atoms with Gasteiger partial charge in [0.05, 0.1) is 6.61 Å². The van der Waals surface area contributed by atoms with E-state index in [-0.39, 0.29) is 18.8 Å². The highest BCUT2D eigenvalue weighted by Crippen LogP contribution is 2.11. The van der Waals surface area contributed by atoms with Crippen molar-refractivity contribution < 1.29 is 19.2 Å². The van der Waals surface area contributed by atoms with Crippen LogP contribution in [-0.2, 0) is 9.53 Å².